The summed E-state index contributed by atoms with van der Waals surface area (Å²) >= 11 is 0. The van der Waals surface area contributed by atoms with Crippen LogP contribution >= 0.6 is 0 Å². The van der Waals surface area contributed by atoms with Crippen LogP contribution in [0.4, 0.5) is 23.3 Å². The molecule has 8 heteroatoms. The SMILES string of the molecule is CC1=CC(Nc2nc(Nc3ccn4ccnc4c3)cc(N3CCCCC3)n2)=NC(C)C1. The molecule has 1 atom stereocenters. The molecule has 0 spiro atoms. The molecule has 1 unspecified atom stereocenters. The van der Waals surface area contributed by atoms with Gasteiger partial charge in [0.05, 0.1) is 6.04 Å². The summed E-state index contributed by atoms with van der Waals surface area (Å²) in [5.74, 6) is 3.06. The fourth-order valence-corrected chi connectivity index (χ4v) is 4.24. The van der Waals surface area contributed by atoms with Gasteiger partial charge in [0.2, 0.25) is 5.95 Å². The second-order valence-electron chi connectivity index (χ2n) is 8.40. The Kier molecular flexibility index (Phi) is 5.28. The smallest absolute Gasteiger partial charge is 0.232 e. The van der Waals surface area contributed by atoms with Gasteiger partial charge < -0.3 is 19.9 Å². The number of imidazole rings is 1. The highest BCUT2D eigenvalue weighted by Gasteiger charge is 2.17. The van der Waals surface area contributed by atoms with Crippen LogP contribution in [-0.2, 0) is 0 Å². The van der Waals surface area contributed by atoms with Gasteiger partial charge >= 0.3 is 0 Å². The quantitative estimate of drug-likeness (QED) is 0.656. The number of hydrogen-bond acceptors (Lipinski definition) is 7. The molecule has 3 aromatic heterocycles. The molecule has 160 valence electrons. The lowest BCUT2D eigenvalue weighted by molar-refractivity contribution is 0.573. The van der Waals surface area contributed by atoms with Crippen molar-refractivity contribution in [2.24, 2.45) is 4.99 Å². The Hall–Kier alpha value is -3.42. The highest BCUT2D eigenvalue weighted by Crippen LogP contribution is 2.25. The number of aromatic nitrogens is 4. The predicted molar refractivity (Wildman–Crippen MR) is 125 cm³/mol. The molecule has 5 rings (SSSR count). The van der Waals surface area contributed by atoms with Crippen LogP contribution in [0.25, 0.3) is 5.65 Å². The summed E-state index contributed by atoms with van der Waals surface area (Å²) in [6, 6.07) is 6.31. The lowest BCUT2D eigenvalue weighted by atomic mass is 10.1. The highest BCUT2D eigenvalue weighted by atomic mass is 15.3. The minimum absolute atomic E-state index is 0.261. The monoisotopic (exact) mass is 416 g/mol. The van der Waals surface area contributed by atoms with Crippen molar-refractivity contribution >= 4 is 34.8 Å². The van der Waals surface area contributed by atoms with E-state index in [4.69, 9.17) is 15.0 Å². The van der Waals surface area contributed by atoms with Crippen molar-refractivity contribution in [3.8, 4) is 0 Å². The first-order chi connectivity index (χ1) is 15.1. The van der Waals surface area contributed by atoms with Crippen molar-refractivity contribution in [1.29, 1.82) is 0 Å². The third-order valence-electron chi connectivity index (χ3n) is 5.66. The number of piperidine rings is 1. The van der Waals surface area contributed by atoms with Crippen molar-refractivity contribution in [3.05, 3.63) is 48.4 Å². The first-order valence-electron chi connectivity index (χ1n) is 11.0. The van der Waals surface area contributed by atoms with E-state index in [9.17, 15) is 0 Å². The van der Waals surface area contributed by atoms with Crippen LogP contribution in [0.3, 0.4) is 0 Å². The molecule has 5 heterocycles. The Morgan fingerprint density at radius 3 is 2.74 bits per heavy atom. The predicted octanol–water partition coefficient (Wildman–Crippen LogP) is 4.41. The summed E-state index contributed by atoms with van der Waals surface area (Å²) in [5.41, 5.74) is 3.13. The van der Waals surface area contributed by atoms with E-state index in [1.165, 1.54) is 24.8 Å². The van der Waals surface area contributed by atoms with Gasteiger partial charge in [0, 0.05) is 49.5 Å². The van der Waals surface area contributed by atoms with E-state index in [1.807, 2.05) is 35.0 Å². The van der Waals surface area contributed by atoms with E-state index in [-0.39, 0.29) is 6.04 Å². The second-order valence-corrected chi connectivity index (χ2v) is 8.40. The Balaban J connectivity index is 1.46. The molecule has 8 nitrogen and oxygen atoms in total. The zero-order valence-corrected chi connectivity index (χ0v) is 18.0. The Labute approximate surface area is 182 Å². The maximum atomic E-state index is 4.82. The Bertz CT molecular complexity index is 1140. The number of anilines is 4. The van der Waals surface area contributed by atoms with Gasteiger partial charge in [-0.15, -0.1) is 0 Å². The number of rotatable bonds is 4. The van der Waals surface area contributed by atoms with Crippen molar-refractivity contribution < 1.29 is 0 Å². The van der Waals surface area contributed by atoms with Gasteiger partial charge in [0.1, 0.15) is 23.1 Å². The molecular formula is C23H28N8. The fraction of sp³-hybridized carbons (Fsp3) is 0.391. The third kappa shape index (κ3) is 4.52. The maximum Gasteiger partial charge on any atom is 0.232 e. The summed E-state index contributed by atoms with van der Waals surface area (Å²) in [6.07, 6.45) is 12.4. The van der Waals surface area contributed by atoms with E-state index in [0.717, 1.165) is 48.3 Å². The first kappa shape index (κ1) is 19.5. The number of aliphatic imine (C=N–C) groups is 1. The van der Waals surface area contributed by atoms with E-state index < -0.39 is 0 Å². The number of fused-ring (bicyclic) bond motifs is 1. The lowest BCUT2D eigenvalue weighted by Crippen LogP contribution is -2.30. The zero-order chi connectivity index (χ0) is 21.2. The van der Waals surface area contributed by atoms with Crippen molar-refractivity contribution in [1.82, 2.24) is 19.4 Å². The van der Waals surface area contributed by atoms with Gasteiger partial charge in [-0.3, -0.25) is 4.99 Å². The average Bonchev–Trinajstić information content (AvgIpc) is 3.21. The number of dihydropyridines is 1. The largest absolute Gasteiger partial charge is 0.356 e. The summed E-state index contributed by atoms with van der Waals surface area (Å²) in [5, 5.41) is 6.78. The molecule has 0 amide bonds. The Morgan fingerprint density at radius 1 is 1.03 bits per heavy atom. The van der Waals surface area contributed by atoms with Crippen molar-refractivity contribution in [3.63, 3.8) is 0 Å². The molecule has 0 radical (unpaired) electrons. The molecule has 0 aliphatic carbocycles. The normalized spacial score (nSPS) is 19.2. The Morgan fingerprint density at radius 2 is 1.90 bits per heavy atom. The molecule has 0 bridgehead atoms. The molecule has 0 aromatic carbocycles. The highest BCUT2D eigenvalue weighted by molar-refractivity contribution is 6.04. The van der Waals surface area contributed by atoms with Gasteiger partial charge in [0.25, 0.3) is 0 Å². The van der Waals surface area contributed by atoms with E-state index in [1.54, 1.807) is 6.20 Å². The molecule has 2 aliphatic heterocycles. The second kappa shape index (κ2) is 8.37. The van der Waals surface area contributed by atoms with Crippen LogP contribution in [0.5, 0.6) is 0 Å². The topological polar surface area (TPSA) is 82.7 Å². The average molecular weight is 417 g/mol. The summed E-state index contributed by atoms with van der Waals surface area (Å²) in [6.45, 7) is 6.30. The van der Waals surface area contributed by atoms with Crippen molar-refractivity contribution in [2.45, 2.75) is 45.6 Å². The van der Waals surface area contributed by atoms with E-state index in [2.05, 4.69) is 40.4 Å². The van der Waals surface area contributed by atoms with Gasteiger partial charge in [-0.05, 0) is 51.7 Å². The van der Waals surface area contributed by atoms with Crippen LogP contribution in [0, 0.1) is 0 Å². The van der Waals surface area contributed by atoms with Gasteiger partial charge in [-0.25, -0.2) is 4.98 Å². The fourth-order valence-electron chi connectivity index (χ4n) is 4.24. The lowest BCUT2D eigenvalue weighted by Gasteiger charge is -2.28. The minimum atomic E-state index is 0.261. The van der Waals surface area contributed by atoms with Crippen LogP contribution in [0.1, 0.15) is 39.5 Å². The summed E-state index contributed by atoms with van der Waals surface area (Å²) < 4.78 is 1.98. The molecule has 3 aromatic rings. The standard InChI is InChI=1S/C23H28N8/c1-16-12-17(2)25-19(13-16)27-23-28-20(15-22(29-23)30-8-4-3-5-9-30)26-18-6-10-31-11-7-24-21(31)14-18/h6-7,10-11,13-15,17H,3-5,8-9,12H2,1-2H3,(H2,25,26,27,28,29). The van der Waals surface area contributed by atoms with Crippen LogP contribution in [-0.4, -0.2) is 44.3 Å². The van der Waals surface area contributed by atoms with E-state index in [0.29, 0.717) is 5.95 Å². The van der Waals surface area contributed by atoms with Crippen LogP contribution in [0.15, 0.2) is 53.4 Å². The van der Waals surface area contributed by atoms with E-state index >= 15 is 0 Å². The summed E-state index contributed by atoms with van der Waals surface area (Å²) in [7, 11) is 0. The van der Waals surface area contributed by atoms with Gasteiger partial charge in [-0.1, -0.05) is 5.57 Å². The number of amidine groups is 1. The van der Waals surface area contributed by atoms with Gasteiger partial charge in [-0.2, -0.15) is 9.97 Å². The first-order valence-corrected chi connectivity index (χ1v) is 11.0. The maximum absolute atomic E-state index is 4.82. The zero-order valence-electron chi connectivity index (χ0n) is 18.0. The molecule has 31 heavy (non-hydrogen) atoms. The number of nitrogens with zero attached hydrogens (tertiary/aromatic N) is 6. The van der Waals surface area contributed by atoms with Gasteiger partial charge in [0.15, 0.2) is 0 Å². The molecule has 0 saturated carbocycles. The number of hydrogen-bond donors (Lipinski definition) is 2. The number of pyridine rings is 1. The van der Waals surface area contributed by atoms with Crippen LogP contribution < -0.4 is 15.5 Å². The molecule has 2 aliphatic rings. The molecular weight excluding hydrogens is 388 g/mol. The van der Waals surface area contributed by atoms with Crippen molar-refractivity contribution in [2.75, 3.05) is 28.6 Å². The summed E-state index contributed by atoms with van der Waals surface area (Å²) in [4.78, 5) is 21.0. The van der Waals surface area contributed by atoms with Crippen LogP contribution in [0.2, 0.25) is 0 Å². The molecule has 1 saturated heterocycles. The number of nitrogens with one attached hydrogen (secondary N) is 2. The minimum Gasteiger partial charge on any atom is -0.356 e. The molecule has 1 fully saturated rings. The third-order valence-corrected chi connectivity index (χ3v) is 5.66. The molecule has 2 N–H and O–H groups in total.